The number of carbonyl (C=O) groups is 1. The second-order valence-corrected chi connectivity index (χ2v) is 1.22. The molecule has 0 aromatic heterocycles. The fraction of sp³-hybridized carbons (Fsp3) is 0.833. The van der Waals surface area contributed by atoms with Crippen molar-refractivity contribution in [2.75, 3.05) is 6.54 Å². The highest BCUT2D eigenvalue weighted by Gasteiger charge is 1.94. The van der Waals surface area contributed by atoms with Crippen LogP contribution in [0.5, 0.6) is 0 Å². The van der Waals surface area contributed by atoms with Crippen LogP contribution < -0.4 is 5.73 Å². The molecule has 54 valence electrons. The number of carboxylic acids is 1. The zero-order valence-corrected chi connectivity index (χ0v) is 4.85. The molecule has 0 aromatic carbocycles. The van der Waals surface area contributed by atoms with Gasteiger partial charge in [-0.15, -0.1) is 0 Å². The van der Waals surface area contributed by atoms with Gasteiger partial charge in [0.05, 0.1) is 0 Å². The standard InChI is InChI=1S/C6H13NO2/c7-5-3-1-2-4-6(8)9/h1-5,7H2,(H,8,9)/i1D2,3D2,4D2. The van der Waals surface area contributed by atoms with Gasteiger partial charge < -0.3 is 10.8 Å². The third kappa shape index (κ3) is 7.43. The third-order valence-electron chi connectivity index (χ3n) is 0.555. The molecule has 9 heavy (non-hydrogen) atoms. The molecule has 3 N–H and O–H groups in total. The van der Waals surface area contributed by atoms with Gasteiger partial charge in [-0.3, -0.25) is 4.79 Å². The number of aliphatic carboxylic acids is 1. The highest BCUT2D eigenvalue weighted by molar-refractivity contribution is 5.66. The van der Waals surface area contributed by atoms with Gasteiger partial charge in [-0.2, -0.15) is 0 Å². The minimum Gasteiger partial charge on any atom is -0.481 e. The molecule has 0 aliphatic rings. The van der Waals surface area contributed by atoms with Crippen molar-refractivity contribution >= 4 is 5.97 Å². The summed E-state index contributed by atoms with van der Waals surface area (Å²) in [5, 5.41) is 8.45. The molecule has 0 unspecified atom stereocenters. The van der Waals surface area contributed by atoms with E-state index < -0.39 is 38.1 Å². The van der Waals surface area contributed by atoms with Crippen LogP contribution in [0, 0.1) is 0 Å². The molecule has 0 saturated carbocycles. The zero-order valence-electron chi connectivity index (χ0n) is 10.8. The van der Waals surface area contributed by atoms with Gasteiger partial charge in [-0.05, 0) is 19.3 Å². The predicted octanol–water partition coefficient (Wildman–Crippen LogP) is 0.590. The molecule has 0 spiro atoms. The van der Waals surface area contributed by atoms with E-state index in [2.05, 4.69) is 0 Å². The van der Waals surface area contributed by atoms with Crippen LogP contribution in [0.3, 0.4) is 0 Å². The Bertz CT molecular complexity index is 254. The molecule has 0 fully saturated rings. The molecule has 0 rings (SSSR count). The summed E-state index contributed by atoms with van der Waals surface area (Å²) in [6, 6.07) is 0. The fourth-order valence-electron chi connectivity index (χ4n) is 0.254. The molecule has 0 bridgehead atoms. The fourth-order valence-corrected chi connectivity index (χ4v) is 0.254. The predicted molar refractivity (Wildman–Crippen MR) is 35.2 cm³/mol. The van der Waals surface area contributed by atoms with Gasteiger partial charge in [0.15, 0.2) is 0 Å². The maximum absolute atomic E-state index is 10.4. The molecule has 0 aliphatic heterocycles. The van der Waals surface area contributed by atoms with E-state index in [1.807, 2.05) is 0 Å². The third-order valence-corrected chi connectivity index (χ3v) is 0.555. The Balaban J connectivity index is 4.86. The average molecular weight is 137 g/mol. The highest BCUT2D eigenvalue weighted by Crippen LogP contribution is 1.97. The van der Waals surface area contributed by atoms with Crippen molar-refractivity contribution < 1.29 is 18.1 Å². The molecule has 3 heteroatoms. The Labute approximate surface area is 63.3 Å². The van der Waals surface area contributed by atoms with E-state index in [9.17, 15) is 4.79 Å². The first-order valence-electron chi connectivity index (χ1n) is 5.40. The van der Waals surface area contributed by atoms with Crippen LogP contribution in [0.25, 0.3) is 0 Å². The van der Waals surface area contributed by atoms with E-state index in [4.69, 9.17) is 19.1 Å². The normalized spacial score (nSPS) is 24.1. The van der Waals surface area contributed by atoms with Gasteiger partial charge in [0, 0.05) is 14.6 Å². The van der Waals surface area contributed by atoms with E-state index in [1.54, 1.807) is 0 Å². The monoisotopic (exact) mass is 137 g/mol. The van der Waals surface area contributed by atoms with Gasteiger partial charge in [0.25, 0.3) is 0 Å². The van der Waals surface area contributed by atoms with Crippen LogP contribution in [0.1, 0.15) is 33.8 Å². The number of rotatable bonds is 5. The van der Waals surface area contributed by atoms with Crippen LogP contribution in [-0.4, -0.2) is 17.6 Å². The Morgan fingerprint density at radius 2 is 2.33 bits per heavy atom. The minimum absolute atomic E-state index is 0.643. The molecule has 0 amide bonds. The first-order chi connectivity index (χ1) is 6.46. The second kappa shape index (κ2) is 5.56. The second-order valence-electron chi connectivity index (χ2n) is 1.22. The summed E-state index contributed by atoms with van der Waals surface area (Å²) in [5.41, 5.74) is 5.00. The van der Waals surface area contributed by atoms with Crippen molar-refractivity contribution in [3.05, 3.63) is 0 Å². The number of hydrogen-bond acceptors (Lipinski definition) is 2. The highest BCUT2D eigenvalue weighted by atomic mass is 16.4. The van der Waals surface area contributed by atoms with Crippen LogP contribution in [0.2, 0.25) is 0 Å². The molecule has 0 aromatic rings. The summed E-state index contributed by atoms with van der Waals surface area (Å²) < 4.78 is 43.0. The van der Waals surface area contributed by atoms with Crippen molar-refractivity contribution in [1.82, 2.24) is 0 Å². The Hall–Kier alpha value is -0.570. The minimum atomic E-state index is -2.81. The molecule has 0 saturated heterocycles. The van der Waals surface area contributed by atoms with E-state index in [0.29, 0.717) is 0 Å². The van der Waals surface area contributed by atoms with Gasteiger partial charge in [-0.25, -0.2) is 0 Å². The largest absolute Gasteiger partial charge is 0.481 e. The Morgan fingerprint density at radius 1 is 1.67 bits per heavy atom. The Kier molecular flexibility index (Phi) is 1.60. The maximum Gasteiger partial charge on any atom is 0.303 e. The van der Waals surface area contributed by atoms with E-state index in [-0.39, 0.29) is 0 Å². The van der Waals surface area contributed by atoms with Crippen molar-refractivity contribution in [2.45, 2.75) is 25.5 Å². The van der Waals surface area contributed by atoms with Gasteiger partial charge >= 0.3 is 5.97 Å². The smallest absolute Gasteiger partial charge is 0.303 e. The molecular weight excluding hydrogens is 118 g/mol. The summed E-state index contributed by atoms with van der Waals surface area (Å²) in [7, 11) is 0. The molecule has 3 nitrogen and oxygen atoms in total. The molecule has 0 atom stereocenters. The van der Waals surface area contributed by atoms with Crippen LogP contribution in [-0.2, 0) is 4.79 Å². The lowest BCUT2D eigenvalue weighted by atomic mass is 10.2. The molecule has 0 aliphatic carbocycles. The van der Waals surface area contributed by atoms with Gasteiger partial charge in [-0.1, -0.05) is 6.37 Å². The first kappa shape index (κ1) is 2.58. The van der Waals surface area contributed by atoms with Crippen LogP contribution in [0.15, 0.2) is 0 Å². The SMILES string of the molecule is [2H]C([2H])(CC([2H])([2H])C([2H])([2H])CN)C(=O)O. The number of carboxylic acid groups (broad SMARTS) is 1. The maximum atomic E-state index is 10.4. The zero-order chi connectivity index (χ0) is 12.5. The Morgan fingerprint density at radius 3 is 2.78 bits per heavy atom. The van der Waals surface area contributed by atoms with Crippen molar-refractivity contribution in [1.29, 1.82) is 0 Å². The van der Waals surface area contributed by atoms with E-state index in [0.717, 1.165) is 0 Å². The lowest BCUT2D eigenvalue weighted by Crippen LogP contribution is -1.99. The number of nitrogens with two attached hydrogens (primary N) is 1. The van der Waals surface area contributed by atoms with Crippen molar-refractivity contribution in [3.63, 3.8) is 0 Å². The van der Waals surface area contributed by atoms with Gasteiger partial charge in [0.2, 0.25) is 0 Å². The van der Waals surface area contributed by atoms with Gasteiger partial charge in [0.1, 0.15) is 0 Å². The average Bonchev–Trinajstić information content (AvgIpc) is 2.01. The molecular formula is C6H13NO2. The lowest BCUT2D eigenvalue weighted by Gasteiger charge is -1.93. The van der Waals surface area contributed by atoms with Crippen LogP contribution >= 0.6 is 0 Å². The topological polar surface area (TPSA) is 63.3 Å². The summed E-state index contributed by atoms with van der Waals surface area (Å²) in [6.07, 6.45) is -9.00. The quantitative estimate of drug-likeness (QED) is 0.583. The van der Waals surface area contributed by atoms with Crippen LogP contribution in [0.4, 0.5) is 0 Å². The summed E-state index contributed by atoms with van der Waals surface area (Å²) >= 11 is 0. The van der Waals surface area contributed by atoms with Crippen molar-refractivity contribution in [3.8, 4) is 0 Å². The summed E-state index contributed by atoms with van der Waals surface area (Å²) in [6.45, 7) is -0.643. The summed E-state index contributed by atoms with van der Waals surface area (Å²) in [4.78, 5) is 10.4. The van der Waals surface area contributed by atoms with E-state index >= 15 is 0 Å². The van der Waals surface area contributed by atoms with Crippen molar-refractivity contribution in [2.24, 2.45) is 5.73 Å². The lowest BCUT2D eigenvalue weighted by molar-refractivity contribution is -0.137. The first-order valence-corrected chi connectivity index (χ1v) is 2.40. The molecule has 0 radical (unpaired) electrons. The number of hydrogen-bond donors (Lipinski definition) is 2. The molecule has 0 heterocycles. The van der Waals surface area contributed by atoms with E-state index in [1.165, 1.54) is 0 Å². The summed E-state index contributed by atoms with van der Waals surface area (Å²) in [5.74, 6) is -1.82.